The highest BCUT2D eigenvalue weighted by molar-refractivity contribution is 6.53. The van der Waals surface area contributed by atoms with Crippen LogP contribution in [0.15, 0.2) is 41.6 Å². The van der Waals surface area contributed by atoms with Gasteiger partial charge in [0.15, 0.2) is 0 Å². The molecule has 1 saturated heterocycles. The highest BCUT2D eigenvalue weighted by Gasteiger charge is 2.54. The van der Waals surface area contributed by atoms with Gasteiger partial charge in [-0.2, -0.15) is 0 Å². The van der Waals surface area contributed by atoms with E-state index < -0.39 is 18.3 Å². The topological polar surface area (TPSA) is 18.5 Å². The van der Waals surface area contributed by atoms with Gasteiger partial charge in [0.25, 0.3) is 0 Å². The number of allylic oxidation sites excluding steroid dienone is 1. The van der Waals surface area contributed by atoms with Crippen LogP contribution in [-0.2, 0) is 9.31 Å². The summed E-state index contributed by atoms with van der Waals surface area (Å²) >= 11 is 0. The quantitative estimate of drug-likeness (QED) is 0.750. The molecule has 0 N–H and O–H groups in total. The van der Waals surface area contributed by atoms with Gasteiger partial charge in [-0.25, -0.2) is 4.39 Å². The van der Waals surface area contributed by atoms with E-state index in [0.717, 1.165) is 18.4 Å². The third kappa shape index (κ3) is 2.55. The van der Waals surface area contributed by atoms with E-state index in [9.17, 15) is 4.39 Å². The molecule has 0 amide bonds. The Hall–Kier alpha value is -1.13. The minimum absolute atomic E-state index is 0.221. The first kappa shape index (κ1) is 14.8. The first-order valence-corrected chi connectivity index (χ1v) is 7.58. The van der Waals surface area contributed by atoms with E-state index in [4.69, 9.17) is 9.31 Å². The monoisotopic (exact) mass is 288 g/mol. The maximum Gasteiger partial charge on any atom is 0.525 e. The average molecular weight is 288 g/mol. The first-order valence-electron chi connectivity index (χ1n) is 7.58. The van der Waals surface area contributed by atoms with Crippen molar-refractivity contribution in [2.75, 3.05) is 0 Å². The van der Waals surface area contributed by atoms with Crippen molar-refractivity contribution < 1.29 is 13.7 Å². The normalized spacial score (nSPS) is 26.6. The van der Waals surface area contributed by atoms with Crippen LogP contribution in [0.1, 0.15) is 52.0 Å². The van der Waals surface area contributed by atoms with Gasteiger partial charge in [-0.15, -0.1) is 0 Å². The summed E-state index contributed by atoms with van der Waals surface area (Å²) in [4.78, 5) is 0. The predicted octanol–water partition coefficient (Wildman–Crippen LogP) is 4.42. The van der Waals surface area contributed by atoms with Crippen molar-refractivity contribution in [3.05, 3.63) is 47.2 Å². The number of hydrogen-bond donors (Lipinski definition) is 0. The lowest BCUT2D eigenvalue weighted by atomic mass is 9.70. The molecule has 0 bridgehead atoms. The minimum Gasteiger partial charge on any atom is -0.398 e. The Labute approximate surface area is 126 Å². The van der Waals surface area contributed by atoms with Crippen LogP contribution in [0.5, 0.6) is 0 Å². The molecule has 0 aromatic heterocycles. The van der Waals surface area contributed by atoms with E-state index in [-0.39, 0.29) is 5.73 Å². The van der Waals surface area contributed by atoms with Crippen molar-refractivity contribution in [2.24, 2.45) is 0 Å². The molecule has 1 aromatic rings. The van der Waals surface area contributed by atoms with Gasteiger partial charge in [-0.05, 0) is 57.6 Å². The largest absolute Gasteiger partial charge is 0.525 e. The summed E-state index contributed by atoms with van der Waals surface area (Å²) in [5.41, 5.74) is 0.919. The SMILES string of the molecule is CC1(C)OB(C(F)=C2CC(c3ccccc3)C2)OC1(C)C. The zero-order valence-corrected chi connectivity index (χ0v) is 13.2. The van der Waals surface area contributed by atoms with Gasteiger partial charge in [0.2, 0.25) is 0 Å². The Balaban J connectivity index is 1.69. The van der Waals surface area contributed by atoms with Gasteiger partial charge in [0.05, 0.1) is 11.2 Å². The maximum atomic E-state index is 14.6. The highest BCUT2D eigenvalue weighted by atomic mass is 19.1. The second-order valence-electron chi connectivity index (χ2n) is 7.06. The standard InChI is InChI=1S/C17H22BFO2/c1-16(2)17(3,4)21-18(20-16)15(19)14-10-13(11-14)12-8-6-5-7-9-12/h5-9,13H,10-11H2,1-4H3. The predicted molar refractivity (Wildman–Crippen MR) is 82.6 cm³/mol. The molecule has 3 rings (SSSR count). The fourth-order valence-corrected chi connectivity index (χ4v) is 2.80. The van der Waals surface area contributed by atoms with Crippen LogP contribution in [-0.4, -0.2) is 18.3 Å². The van der Waals surface area contributed by atoms with E-state index in [2.05, 4.69) is 12.1 Å². The molecule has 1 saturated carbocycles. The van der Waals surface area contributed by atoms with Gasteiger partial charge in [0, 0.05) is 0 Å². The van der Waals surface area contributed by atoms with Crippen LogP contribution in [0.3, 0.4) is 0 Å². The summed E-state index contributed by atoms with van der Waals surface area (Å²) in [7, 11) is -0.846. The summed E-state index contributed by atoms with van der Waals surface area (Å²) in [6, 6.07) is 10.3. The number of benzene rings is 1. The lowest BCUT2D eigenvalue weighted by Crippen LogP contribution is -2.41. The van der Waals surface area contributed by atoms with Crippen molar-refractivity contribution in [3.8, 4) is 0 Å². The van der Waals surface area contributed by atoms with E-state index in [0.29, 0.717) is 5.92 Å². The third-order valence-corrected chi connectivity index (χ3v) is 5.05. The van der Waals surface area contributed by atoms with Crippen molar-refractivity contribution in [3.63, 3.8) is 0 Å². The van der Waals surface area contributed by atoms with Crippen molar-refractivity contribution in [1.29, 1.82) is 0 Å². The van der Waals surface area contributed by atoms with Crippen molar-refractivity contribution in [2.45, 2.75) is 57.7 Å². The third-order valence-electron chi connectivity index (χ3n) is 5.05. The van der Waals surface area contributed by atoms with Gasteiger partial charge in [-0.1, -0.05) is 30.3 Å². The summed E-state index contributed by atoms with van der Waals surface area (Å²) in [6.45, 7) is 7.77. The fourth-order valence-electron chi connectivity index (χ4n) is 2.80. The minimum atomic E-state index is -0.846. The molecule has 0 spiro atoms. The highest BCUT2D eigenvalue weighted by Crippen LogP contribution is 2.46. The Bertz CT molecular complexity index is 541. The molecule has 1 heterocycles. The lowest BCUT2D eigenvalue weighted by Gasteiger charge is -2.32. The molecule has 2 fully saturated rings. The molecule has 112 valence electrons. The number of hydrogen-bond acceptors (Lipinski definition) is 2. The lowest BCUT2D eigenvalue weighted by molar-refractivity contribution is 0.00578. The first-order chi connectivity index (χ1) is 9.80. The molecule has 1 aliphatic heterocycles. The van der Waals surface area contributed by atoms with Crippen LogP contribution in [0.25, 0.3) is 0 Å². The zero-order chi connectivity index (χ0) is 15.3. The molecule has 0 unspecified atom stereocenters. The van der Waals surface area contributed by atoms with E-state index in [1.165, 1.54) is 5.56 Å². The molecule has 0 atom stereocenters. The van der Waals surface area contributed by atoms with Crippen LogP contribution < -0.4 is 0 Å². The smallest absolute Gasteiger partial charge is 0.398 e. The number of rotatable bonds is 2. The molecule has 0 radical (unpaired) electrons. The molecular weight excluding hydrogens is 266 g/mol. The van der Waals surface area contributed by atoms with Crippen LogP contribution >= 0.6 is 0 Å². The molecule has 21 heavy (non-hydrogen) atoms. The molecule has 4 heteroatoms. The molecule has 1 aliphatic carbocycles. The average Bonchev–Trinajstić information content (AvgIpc) is 2.58. The van der Waals surface area contributed by atoms with Gasteiger partial charge in [0.1, 0.15) is 5.73 Å². The van der Waals surface area contributed by atoms with Gasteiger partial charge in [-0.3, -0.25) is 0 Å². The molecule has 2 nitrogen and oxygen atoms in total. The van der Waals surface area contributed by atoms with Crippen LogP contribution in [0.2, 0.25) is 0 Å². The summed E-state index contributed by atoms with van der Waals surface area (Å²) in [5.74, 6) is 0.425. The molecular formula is C17H22BFO2. The summed E-state index contributed by atoms with van der Waals surface area (Å²) < 4.78 is 26.1. The van der Waals surface area contributed by atoms with Crippen molar-refractivity contribution >= 4 is 7.12 Å². The maximum absolute atomic E-state index is 14.6. The van der Waals surface area contributed by atoms with Crippen molar-refractivity contribution in [1.82, 2.24) is 0 Å². The van der Waals surface area contributed by atoms with Crippen LogP contribution in [0.4, 0.5) is 4.39 Å². The van der Waals surface area contributed by atoms with E-state index in [1.54, 1.807) is 0 Å². The van der Waals surface area contributed by atoms with Gasteiger partial charge < -0.3 is 9.31 Å². The second kappa shape index (κ2) is 4.96. The van der Waals surface area contributed by atoms with Gasteiger partial charge >= 0.3 is 7.12 Å². The molecule has 2 aliphatic rings. The Morgan fingerprint density at radius 3 is 2.10 bits per heavy atom. The van der Waals surface area contributed by atoms with E-state index >= 15 is 0 Å². The summed E-state index contributed by atoms with van der Waals surface area (Å²) in [5, 5.41) is 0. The zero-order valence-electron chi connectivity index (χ0n) is 13.2. The fraction of sp³-hybridized carbons (Fsp3) is 0.529. The summed E-state index contributed by atoms with van der Waals surface area (Å²) in [6.07, 6.45) is 1.53. The Kier molecular flexibility index (Phi) is 3.49. The molecule has 1 aromatic carbocycles. The Morgan fingerprint density at radius 1 is 1.05 bits per heavy atom. The number of halogens is 1. The second-order valence-corrected chi connectivity index (χ2v) is 7.06. The van der Waals surface area contributed by atoms with E-state index in [1.807, 2.05) is 45.9 Å². The Morgan fingerprint density at radius 2 is 1.57 bits per heavy atom. The van der Waals surface area contributed by atoms with Crippen LogP contribution in [0, 0.1) is 0 Å².